The SMILES string of the molecule is CCCNC(=O)CN(C)Cn1nc(-c2ccccc2)n(-c2cccc(C)c2)c1=S. The third kappa shape index (κ3) is 5.19. The molecule has 1 amide bonds. The Bertz CT molecular complexity index is 1030. The van der Waals surface area contributed by atoms with E-state index in [2.05, 4.69) is 24.4 Å². The second-order valence-corrected chi connectivity index (χ2v) is 7.52. The van der Waals surface area contributed by atoms with Crippen LogP contribution in [0.15, 0.2) is 54.6 Å². The van der Waals surface area contributed by atoms with Gasteiger partial charge in [0.2, 0.25) is 10.7 Å². The third-order valence-electron chi connectivity index (χ3n) is 4.49. The second kappa shape index (κ2) is 9.62. The lowest BCUT2D eigenvalue weighted by molar-refractivity contribution is -0.122. The number of rotatable bonds is 8. The van der Waals surface area contributed by atoms with Crippen LogP contribution in [0.1, 0.15) is 18.9 Å². The molecule has 0 radical (unpaired) electrons. The molecule has 0 fully saturated rings. The fourth-order valence-electron chi connectivity index (χ4n) is 3.12. The maximum Gasteiger partial charge on any atom is 0.234 e. The fourth-order valence-corrected chi connectivity index (χ4v) is 3.41. The van der Waals surface area contributed by atoms with Gasteiger partial charge < -0.3 is 5.32 Å². The zero-order valence-corrected chi connectivity index (χ0v) is 17.9. The van der Waals surface area contributed by atoms with Gasteiger partial charge in [0.05, 0.1) is 18.9 Å². The van der Waals surface area contributed by atoms with E-state index >= 15 is 0 Å². The first-order valence-corrected chi connectivity index (χ1v) is 10.2. The summed E-state index contributed by atoms with van der Waals surface area (Å²) in [6.07, 6.45) is 0.918. The average Bonchev–Trinajstić information content (AvgIpc) is 3.03. The minimum Gasteiger partial charge on any atom is -0.355 e. The third-order valence-corrected chi connectivity index (χ3v) is 4.89. The van der Waals surface area contributed by atoms with Crippen LogP contribution in [0.5, 0.6) is 0 Å². The van der Waals surface area contributed by atoms with E-state index < -0.39 is 0 Å². The van der Waals surface area contributed by atoms with E-state index in [0.29, 0.717) is 24.5 Å². The summed E-state index contributed by atoms with van der Waals surface area (Å²) >= 11 is 5.78. The number of amides is 1. The lowest BCUT2D eigenvalue weighted by Gasteiger charge is -2.15. The highest BCUT2D eigenvalue weighted by atomic mass is 32.1. The molecule has 0 unspecified atom stereocenters. The predicted molar refractivity (Wildman–Crippen MR) is 118 cm³/mol. The van der Waals surface area contributed by atoms with Crippen LogP contribution in [0.2, 0.25) is 0 Å². The number of hydrogen-bond donors (Lipinski definition) is 1. The van der Waals surface area contributed by atoms with Crippen LogP contribution in [0.4, 0.5) is 0 Å². The maximum absolute atomic E-state index is 12.0. The molecule has 152 valence electrons. The largest absolute Gasteiger partial charge is 0.355 e. The van der Waals surface area contributed by atoms with E-state index in [9.17, 15) is 4.79 Å². The molecule has 0 bridgehead atoms. The molecule has 0 spiro atoms. The van der Waals surface area contributed by atoms with Gasteiger partial charge in [-0.15, -0.1) is 5.10 Å². The van der Waals surface area contributed by atoms with Crippen LogP contribution >= 0.6 is 12.2 Å². The molecule has 1 N–H and O–H groups in total. The van der Waals surface area contributed by atoms with E-state index in [1.54, 1.807) is 4.68 Å². The number of likely N-dealkylation sites (N-methyl/N-ethyl adjacent to an activating group) is 1. The normalized spacial score (nSPS) is 11.0. The Hall–Kier alpha value is -2.77. The van der Waals surface area contributed by atoms with Gasteiger partial charge in [0.15, 0.2) is 5.82 Å². The van der Waals surface area contributed by atoms with E-state index in [0.717, 1.165) is 29.1 Å². The Labute approximate surface area is 176 Å². The average molecular weight is 410 g/mol. The van der Waals surface area contributed by atoms with Gasteiger partial charge in [0, 0.05) is 12.1 Å². The predicted octanol–water partition coefficient (Wildman–Crippen LogP) is 3.79. The number of carbonyl (C=O) groups is 1. The van der Waals surface area contributed by atoms with Crippen LogP contribution in [0.3, 0.4) is 0 Å². The van der Waals surface area contributed by atoms with E-state index in [-0.39, 0.29) is 5.91 Å². The van der Waals surface area contributed by atoms with Crippen molar-refractivity contribution in [3.05, 3.63) is 64.9 Å². The van der Waals surface area contributed by atoms with Gasteiger partial charge in [-0.3, -0.25) is 14.3 Å². The zero-order valence-electron chi connectivity index (χ0n) is 17.1. The Kier molecular flexibility index (Phi) is 6.95. The minimum absolute atomic E-state index is 0.00210. The Morgan fingerprint density at radius 3 is 2.62 bits per heavy atom. The number of nitrogens with zero attached hydrogens (tertiary/aromatic N) is 4. The zero-order chi connectivity index (χ0) is 20.8. The summed E-state index contributed by atoms with van der Waals surface area (Å²) in [5.74, 6) is 0.785. The Morgan fingerprint density at radius 1 is 1.17 bits per heavy atom. The molecular formula is C22H27N5OS. The van der Waals surface area contributed by atoms with Gasteiger partial charge >= 0.3 is 0 Å². The van der Waals surface area contributed by atoms with Gasteiger partial charge in [-0.2, -0.15) is 0 Å². The van der Waals surface area contributed by atoms with Gasteiger partial charge in [-0.25, -0.2) is 4.68 Å². The molecule has 1 heterocycles. The Balaban J connectivity index is 1.95. The number of aromatic nitrogens is 3. The number of aryl methyl sites for hydroxylation is 1. The van der Waals surface area contributed by atoms with Gasteiger partial charge in [0.1, 0.15) is 0 Å². The van der Waals surface area contributed by atoms with E-state index in [1.165, 1.54) is 0 Å². The summed E-state index contributed by atoms with van der Waals surface area (Å²) in [5.41, 5.74) is 3.12. The summed E-state index contributed by atoms with van der Waals surface area (Å²) in [6, 6.07) is 18.2. The number of carbonyl (C=O) groups excluding carboxylic acids is 1. The first-order valence-electron chi connectivity index (χ1n) is 9.77. The summed E-state index contributed by atoms with van der Waals surface area (Å²) in [6.45, 7) is 5.50. The summed E-state index contributed by atoms with van der Waals surface area (Å²) in [5, 5.41) is 7.69. The van der Waals surface area contributed by atoms with Crippen LogP contribution in [-0.4, -0.2) is 45.3 Å². The quantitative estimate of drug-likeness (QED) is 0.575. The smallest absolute Gasteiger partial charge is 0.234 e. The van der Waals surface area contributed by atoms with E-state index in [1.807, 2.05) is 65.9 Å². The van der Waals surface area contributed by atoms with Crippen LogP contribution in [0, 0.1) is 11.7 Å². The van der Waals surface area contributed by atoms with Crippen molar-refractivity contribution in [1.29, 1.82) is 0 Å². The summed E-state index contributed by atoms with van der Waals surface area (Å²) in [4.78, 5) is 13.9. The topological polar surface area (TPSA) is 55.1 Å². The number of nitrogens with one attached hydrogen (secondary N) is 1. The molecule has 0 saturated heterocycles. The molecule has 6 nitrogen and oxygen atoms in total. The Morgan fingerprint density at radius 2 is 1.93 bits per heavy atom. The highest BCUT2D eigenvalue weighted by molar-refractivity contribution is 7.71. The molecule has 3 aromatic rings. The molecule has 0 aliphatic heterocycles. The van der Waals surface area contributed by atoms with Gasteiger partial charge in [-0.1, -0.05) is 49.4 Å². The van der Waals surface area contributed by atoms with Crippen molar-refractivity contribution in [2.45, 2.75) is 26.9 Å². The lowest BCUT2D eigenvalue weighted by Crippen LogP contribution is -2.36. The van der Waals surface area contributed by atoms with Crippen molar-refractivity contribution >= 4 is 18.1 Å². The lowest BCUT2D eigenvalue weighted by atomic mass is 10.2. The van der Waals surface area contributed by atoms with Crippen molar-refractivity contribution in [2.75, 3.05) is 20.1 Å². The van der Waals surface area contributed by atoms with Crippen molar-refractivity contribution < 1.29 is 4.79 Å². The second-order valence-electron chi connectivity index (χ2n) is 7.15. The molecule has 7 heteroatoms. The highest BCUT2D eigenvalue weighted by Gasteiger charge is 2.16. The van der Waals surface area contributed by atoms with Crippen molar-refractivity contribution in [3.63, 3.8) is 0 Å². The van der Waals surface area contributed by atoms with Crippen molar-refractivity contribution in [3.8, 4) is 17.1 Å². The molecule has 0 saturated carbocycles. The molecular weight excluding hydrogens is 382 g/mol. The molecule has 0 atom stereocenters. The van der Waals surface area contributed by atoms with Gasteiger partial charge in [-0.05, 0) is 50.3 Å². The van der Waals surface area contributed by atoms with E-state index in [4.69, 9.17) is 17.3 Å². The minimum atomic E-state index is 0.00210. The molecule has 29 heavy (non-hydrogen) atoms. The summed E-state index contributed by atoms with van der Waals surface area (Å²) in [7, 11) is 1.89. The first kappa shape index (κ1) is 21.0. The molecule has 0 aliphatic rings. The monoisotopic (exact) mass is 409 g/mol. The van der Waals surface area contributed by atoms with Crippen LogP contribution < -0.4 is 5.32 Å². The van der Waals surface area contributed by atoms with Crippen molar-refractivity contribution in [2.24, 2.45) is 0 Å². The molecule has 1 aromatic heterocycles. The van der Waals surface area contributed by atoms with Gasteiger partial charge in [0.25, 0.3) is 0 Å². The molecule has 3 rings (SSSR count). The first-order chi connectivity index (χ1) is 14.0. The van der Waals surface area contributed by atoms with Crippen LogP contribution in [0.25, 0.3) is 17.1 Å². The molecule has 2 aromatic carbocycles. The number of hydrogen-bond acceptors (Lipinski definition) is 4. The molecule has 0 aliphatic carbocycles. The maximum atomic E-state index is 12.0. The van der Waals surface area contributed by atoms with Crippen molar-refractivity contribution in [1.82, 2.24) is 24.6 Å². The standard InChI is InChI=1S/C22H27N5OS/c1-4-13-23-20(28)15-25(3)16-26-22(29)27(19-12-8-9-17(2)14-19)21(24-26)18-10-6-5-7-11-18/h5-12,14H,4,13,15-16H2,1-3H3,(H,23,28). The fraction of sp³-hybridized carbons (Fsp3) is 0.318. The number of benzene rings is 2. The van der Waals surface area contributed by atoms with Crippen LogP contribution in [-0.2, 0) is 11.5 Å². The highest BCUT2D eigenvalue weighted by Crippen LogP contribution is 2.23. The summed E-state index contributed by atoms with van der Waals surface area (Å²) < 4.78 is 4.35.